The summed E-state index contributed by atoms with van der Waals surface area (Å²) in [6.07, 6.45) is 5.00. The molecule has 0 bridgehead atoms. The second-order valence-corrected chi connectivity index (χ2v) is 6.82. The summed E-state index contributed by atoms with van der Waals surface area (Å²) in [6, 6.07) is 5.18. The largest absolute Gasteiger partial charge is 0.454 e. The molecule has 0 radical (unpaired) electrons. The molecule has 1 aliphatic carbocycles. The molecule has 0 spiro atoms. The highest BCUT2D eigenvalue weighted by Gasteiger charge is 2.47. The molecule has 3 unspecified atom stereocenters. The van der Waals surface area contributed by atoms with Crippen molar-refractivity contribution in [2.75, 3.05) is 13.3 Å². The van der Waals surface area contributed by atoms with E-state index in [4.69, 9.17) is 9.47 Å². The molecule has 3 aliphatic rings. The lowest BCUT2D eigenvalue weighted by molar-refractivity contribution is -0.143. The van der Waals surface area contributed by atoms with Crippen LogP contribution < -0.4 is 14.8 Å². The number of nitrogens with one attached hydrogen (secondary N) is 1. The van der Waals surface area contributed by atoms with Crippen LogP contribution in [0.1, 0.15) is 31.4 Å². The van der Waals surface area contributed by atoms with Crippen LogP contribution in [0.15, 0.2) is 30.4 Å². The maximum absolute atomic E-state index is 12.4. The van der Waals surface area contributed by atoms with E-state index in [1.807, 2.05) is 31.2 Å². The fraction of sp³-hybridized carbons (Fsp3) is 0.421. The molecular formula is C19H20N2O5. The molecule has 26 heavy (non-hydrogen) atoms. The van der Waals surface area contributed by atoms with Gasteiger partial charge < -0.3 is 14.8 Å². The molecule has 3 atom stereocenters. The summed E-state index contributed by atoms with van der Waals surface area (Å²) in [4.78, 5) is 38.3. The minimum atomic E-state index is -0.358. The average molecular weight is 356 g/mol. The Morgan fingerprint density at radius 2 is 1.81 bits per heavy atom. The van der Waals surface area contributed by atoms with Gasteiger partial charge in [-0.3, -0.25) is 19.3 Å². The van der Waals surface area contributed by atoms with Crippen LogP contribution >= 0.6 is 0 Å². The topological polar surface area (TPSA) is 84.9 Å². The smallest absolute Gasteiger partial charge is 0.240 e. The van der Waals surface area contributed by atoms with Gasteiger partial charge in [0, 0.05) is 0 Å². The molecule has 1 aromatic carbocycles. The number of likely N-dealkylation sites (tertiary alicyclic amines) is 1. The van der Waals surface area contributed by atoms with Gasteiger partial charge in [-0.1, -0.05) is 18.2 Å². The van der Waals surface area contributed by atoms with Crippen molar-refractivity contribution in [3.63, 3.8) is 0 Å². The number of ether oxygens (including phenoxy) is 2. The van der Waals surface area contributed by atoms with E-state index in [-0.39, 0.29) is 48.9 Å². The molecule has 2 aliphatic heterocycles. The summed E-state index contributed by atoms with van der Waals surface area (Å²) in [5.74, 6) is -0.145. The first-order chi connectivity index (χ1) is 12.5. The first-order valence-electron chi connectivity index (χ1n) is 8.73. The van der Waals surface area contributed by atoms with E-state index >= 15 is 0 Å². The Morgan fingerprint density at radius 3 is 2.50 bits per heavy atom. The van der Waals surface area contributed by atoms with Crippen LogP contribution in [0.25, 0.3) is 0 Å². The minimum absolute atomic E-state index is 0.190. The SMILES string of the molecule is CC(NC(=O)CN1C(=O)C2CC=CCC2C1=O)c1ccc2c(c1)OCO2. The molecule has 2 heterocycles. The molecule has 136 valence electrons. The molecular weight excluding hydrogens is 336 g/mol. The third kappa shape index (κ3) is 2.83. The number of carbonyl (C=O) groups is 3. The number of carbonyl (C=O) groups excluding carboxylic acids is 3. The number of nitrogens with zero attached hydrogens (tertiary/aromatic N) is 1. The quantitative estimate of drug-likeness (QED) is 0.653. The van der Waals surface area contributed by atoms with Crippen LogP contribution in [-0.2, 0) is 14.4 Å². The molecule has 7 heteroatoms. The number of hydrogen-bond acceptors (Lipinski definition) is 5. The highest BCUT2D eigenvalue weighted by Crippen LogP contribution is 2.35. The summed E-state index contributed by atoms with van der Waals surface area (Å²) in [5.41, 5.74) is 0.861. The molecule has 1 fully saturated rings. The first-order valence-corrected chi connectivity index (χ1v) is 8.73. The van der Waals surface area contributed by atoms with Crippen molar-refractivity contribution < 1.29 is 23.9 Å². The minimum Gasteiger partial charge on any atom is -0.454 e. The fourth-order valence-corrected chi connectivity index (χ4v) is 3.72. The van der Waals surface area contributed by atoms with Gasteiger partial charge in [-0.05, 0) is 37.5 Å². The molecule has 7 nitrogen and oxygen atoms in total. The number of imide groups is 1. The second kappa shape index (κ2) is 6.48. The molecule has 4 rings (SSSR count). The van der Waals surface area contributed by atoms with Crippen molar-refractivity contribution in [1.82, 2.24) is 10.2 Å². The predicted molar refractivity (Wildman–Crippen MR) is 91.2 cm³/mol. The summed E-state index contributed by atoms with van der Waals surface area (Å²) in [5, 5.41) is 2.84. The Labute approximate surface area is 150 Å². The Hall–Kier alpha value is -2.83. The van der Waals surface area contributed by atoms with E-state index in [0.29, 0.717) is 24.3 Å². The Balaban J connectivity index is 1.39. The lowest BCUT2D eigenvalue weighted by Crippen LogP contribution is -2.41. The molecule has 1 saturated heterocycles. The number of rotatable bonds is 4. The van der Waals surface area contributed by atoms with E-state index in [0.717, 1.165) is 10.5 Å². The van der Waals surface area contributed by atoms with Gasteiger partial charge in [0.25, 0.3) is 0 Å². The summed E-state index contributed by atoms with van der Waals surface area (Å²) >= 11 is 0. The Kier molecular flexibility index (Phi) is 4.14. The van der Waals surface area contributed by atoms with E-state index in [1.54, 1.807) is 6.07 Å². The van der Waals surface area contributed by atoms with Crippen LogP contribution in [0.3, 0.4) is 0 Å². The summed E-state index contributed by atoms with van der Waals surface area (Å²) in [7, 11) is 0. The van der Waals surface area contributed by atoms with Gasteiger partial charge in [0.1, 0.15) is 6.54 Å². The van der Waals surface area contributed by atoms with E-state index in [1.165, 1.54) is 0 Å². The van der Waals surface area contributed by atoms with Crippen molar-refractivity contribution >= 4 is 17.7 Å². The highest BCUT2D eigenvalue weighted by molar-refractivity contribution is 6.07. The maximum Gasteiger partial charge on any atom is 0.240 e. The van der Waals surface area contributed by atoms with Gasteiger partial charge in [0.15, 0.2) is 11.5 Å². The first kappa shape index (κ1) is 16.6. The number of fused-ring (bicyclic) bond motifs is 2. The molecule has 0 saturated carbocycles. The van der Waals surface area contributed by atoms with Crippen molar-refractivity contribution in [2.24, 2.45) is 11.8 Å². The molecule has 1 N–H and O–H groups in total. The monoisotopic (exact) mass is 356 g/mol. The van der Waals surface area contributed by atoms with Gasteiger partial charge in [-0.2, -0.15) is 0 Å². The van der Waals surface area contributed by atoms with Crippen molar-refractivity contribution in [3.8, 4) is 11.5 Å². The van der Waals surface area contributed by atoms with E-state index < -0.39 is 0 Å². The fourth-order valence-electron chi connectivity index (χ4n) is 3.72. The maximum atomic E-state index is 12.4. The van der Waals surface area contributed by atoms with Crippen LogP contribution in [-0.4, -0.2) is 36.0 Å². The average Bonchev–Trinajstić information content (AvgIpc) is 3.20. The lowest BCUT2D eigenvalue weighted by Gasteiger charge is -2.18. The van der Waals surface area contributed by atoms with Crippen LogP contribution in [0.5, 0.6) is 11.5 Å². The lowest BCUT2D eigenvalue weighted by atomic mass is 9.85. The number of amides is 3. The van der Waals surface area contributed by atoms with Gasteiger partial charge in [0.05, 0.1) is 17.9 Å². The zero-order valence-electron chi connectivity index (χ0n) is 14.4. The molecule has 1 aromatic rings. The van der Waals surface area contributed by atoms with Crippen LogP contribution in [0.4, 0.5) is 0 Å². The second-order valence-electron chi connectivity index (χ2n) is 6.82. The molecule has 3 amide bonds. The van der Waals surface area contributed by atoms with Crippen molar-refractivity contribution in [3.05, 3.63) is 35.9 Å². The van der Waals surface area contributed by atoms with E-state index in [2.05, 4.69) is 5.32 Å². The number of hydrogen-bond donors (Lipinski definition) is 1. The van der Waals surface area contributed by atoms with Crippen molar-refractivity contribution in [1.29, 1.82) is 0 Å². The zero-order valence-corrected chi connectivity index (χ0v) is 14.4. The third-order valence-corrected chi connectivity index (χ3v) is 5.17. The normalized spacial score (nSPS) is 24.6. The Bertz CT molecular complexity index is 777. The Morgan fingerprint density at radius 1 is 1.15 bits per heavy atom. The number of benzene rings is 1. The highest BCUT2D eigenvalue weighted by atomic mass is 16.7. The number of allylic oxidation sites excluding steroid dienone is 2. The van der Waals surface area contributed by atoms with Gasteiger partial charge in [-0.15, -0.1) is 0 Å². The third-order valence-electron chi connectivity index (χ3n) is 5.17. The van der Waals surface area contributed by atoms with Crippen LogP contribution in [0.2, 0.25) is 0 Å². The van der Waals surface area contributed by atoms with Gasteiger partial charge in [0.2, 0.25) is 24.5 Å². The summed E-state index contributed by atoms with van der Waals surface area (Å²) in [6.45, 7) is 1.79. The van der Waals surface area contributed by atoms with Crippen LogP contribution in [0, 0.1) is 11.8 Å². The predicted octanol–water partition coefficient (Wildman–Crippen LogP) is 1.54. The van der Waals surface area contributed by atoms with E-state index in [9.17, 15) is 14.4 Å². The zero-order chi connectivity index (χ0) is 18.3. The van der Waals surface area contributed by atoms with Gasteiger partial charge in [-0.25, -0.2) is 0 Å². The van der Waals surface area contributed by atoms with Gasteiger partial charge >= 0.3 is 0 Å². The van der Waals surface area contributed by atoms with Crippen molar-refractivity contribution in [2.45, 2.75) is 25.8 Å². The molecule has 0 aromatic heterocycles. The standard InChI is InChI=1S/C19H20N2O5/c1-11(12-6-7-15-16(8-12)26-10-25-15)20-17(22)9-21-18(23)13-4-2-3-5-14(13)19(21)24/h2-3,6-8,11,13-14H,4-5,9-10H2,1H3,(H,20,22). The summed E-state index contributed by atoms with van der Waals surface area (Å²) < 4.78 is 10.6.